The Morgan fingerprint density at radius 3 is 1.28 bits per heavy atom. The molecule has 484 valence electrons. The van der Waals surface area contributed by atoms with Crippen LogP contribution in [-0.4, -0.2) is 197 Å². The molecule has 4 unspecified atom stereocenters. The number of thioether (sulfide) groups is 2. The molecule has 14 rings (SSSR count). The molecule has 36 nitrogen and oxygen atoms in total. The fraction of sp³-hybridized carbons (Fsp3) is 0.500. The molecule has 0 spiro atoms. The zero-order chi connectivity index (χ0) is 63.7. The number of hydrogen-bond donors (Lipinski definition) is 10. The first-order valence-electron chi connectivity index (χ1n) is 25.8. The second kappa shape index (κ2) is 24.3. The predicted octanol–water partition coefficient (Wildman–Crippen LogP) is 1.12. The fourth-order valence-electron chi connectivity index (χ4n) is 10.4. The van der Waals surface area contributed by atoms with Crippen LogP contribution in [0.15, 0.2) is 46.8 Å². The van der Waals surface area contributed by atoms with Gasteiger partial charge in [-0.2, -0.15) is 9.97 Å². The van der Waals surface area contributed by atoms with Crippen LogP contribution >= 0.6 is 50.4 Å². The van der Waals surface area contributed by atoms with Crippen molar-refractivity contribution >= 4 is 166 Å². The van der Waals surface area contributed by atoms with E-state index in [0.29, 0.717) is 22.4 Å². The number of H-pyrrole nitrogens is 2. The van der Waals surface area contributed by atoms with Crippen molar-refractivity contribution < 1.29 is 82.8 Å². The Hall–Kier alpha value is -4.54. The molecule has 8 aromatic heterocycles. The van der Waals surface area contributed by atoms with E-state index in [2.05, 4.69) is 60.5 Å². The topological polar surface area (TPSA) is 492 Å². The van der Waals surface area contributed by atoms with Crippen molar-refractivity contribution in [2.75, 3.05) is 49.4 Å². The molecule has 0 saturated carbocycles. The van der Waals surface area contributed by atoms with Gasteiger partial charge >= 0.3 is 26.9 Å². The van der Waals surface area contributed by atoms with Gasteiger partial charge in [-0.1, -0.05) is 10.4 Å². The number of ether oxygens (including phenoxy) is 2. The zero-order valence-corrected chi connectivity index (χ0v) is 53.0. The molecule has 0 radical (unpaired) electrons. The third-order valence-corrected chi connectivity index (χ3v) is 23.6. The summed E-state index contributed by atoms with van der Waals surface area (Å²) in [6, 6.07) is 3.05. The van der Waals surface area contributed by atoms with Gasteiger partial charge in [-0.05, 0) is 59.4 Å². The third-order valence-electron chi connectivity index (χ3n) is 14.4. The molecule has 8 aromatic rings. The Labute approximate surface area is 526 Å². The van der Waals surface area contributed by atoms with Crippen LogP contribution in [0.2, 0.25) is 0 Å². The smallest absolute Gasteiger partial charge is 0.325 e. The van der Waals surface area contributed by atoms with Crippen LogP contribution in [0.4, 0.5) is 40.8 Å². The highest BCUT2D eigenvalue weighted by molar-refractivity contribution is 8.08. The Bertz CT molecular complexity index is 4180. The number of anilines is 4. The molecule has 6 saturated heterocycles. The first kappa shape index (κ1) is 64.2. The summed E-state index contributed by atoms with van der Waals surface area (Å²) >= 11 is 22.5. The first-order chi connectivity index (χ1) is 42.6. The molecule has 20 atom stereocenters. The minimum absolute atomic E-state index is 0.0921. The van der Waals surface area contributed by atoms with E-state index in [0.717, 1.165) is 32.9 Å². The molecule has 14 N–H and O–H groups in total. The highest BCUT2D eigenvalue weighted by Gasteiger charge is 2.56. The number of nitrogen functional groups attached to an aromatic ring is 4. The molecule has 4 bridgehead atoms. The zero-order valence-electron chi connectivity index (χ0n) is 44.5. The molecule has 90 heavy (non-hydrogen) atoms. The molecule has 0 aromatic carbocycles. The van der Waals surface area contributed by atoms with Crippen LogP contribution in [-0.2, 0) is 92.9 Å². The van der Waals surface area contributed by atoms with E-state index in [4.69, 9.17) is 116 Å². The average Bonchev–Trinajstić information content (AvgIpc) is 1.81. The van der Waals surface area contributed by atoms with Gasteiger partial charge in [0, 0.05) is 12.4 Å². The van der Waals surface area contributed by atoms with Crippen LogP contribution in [0.5, 0.6) is 0 Å². The Kier molecular flexibility index (Phi) is 17.4. The van der Waals surface area contributed by atoms with Gasteiger partial charge in [0.15, 0.2) is 58.4 Å². The van der Waals surface area contributed by atoms with Crippen LogP contribution in [0.3, 0.4) is 0 Å². The van der Waals surface area contributed by atoms with E-state index in [1.54, 1.807) is 0 Å². The number of nitrogens with zero attached hydrogens (tertiary/aromatic N) is 14. The Morgan fingerprint density at radius 2 is 0.889 bits per heavy atom. The fourth-order valence-corrected chi connectivity index (χ4v) is 19.3. The summed E-state index contributed by atoms with van der Waals surface area (Å²) < 4.78 is 125. The summed E-state index contributed by atoms with van der Waals surface area (Å²) in [6.45, 7) is -19.4. The molecular weight excluding hydrogens is 1410 g/mol. The number of aromatic nitrogens is 16. The molecule has 6 fully saturated rings. The Balaban J connectivity index is 0.000000165. The number of nitrogens with two attached hydrogens (primary N) is 4. The molecule has 50 heteroatoms. The van der Waals surface area contributed by atoms with Gasteiger partial charge in [0.2, 0.25) is 11.9 Å². The predicted molar refractivity (Wildman–Crippen MR) is 322 cm³/mol. The number of hydrogen-bond acceptors (Lipinski definition) is 32. The molecule has 6 aliphatic rings. The maximum atomic E-state index is 16.0. The van der Waals surface area contributed by atoms with E-state index < -0.39 is 159 Å². The summed E-state index contributed by atoms with van der Waals surface area (Å²) in [5.74, 6) is -0.495. The third kappa shape index (κ3) is 12.2. The molecule has 0 aliphatic carbocycles. The number of fused-ring (bicyclic) bond motifs is 10. The van der Waals surface area contributed by atoms with Crippen molar-refractivity contribution in [3.8, 4) is 0 Å². The van der Waals surface area contributed by atoms with Crippen LogP contribution in [0.1, 0.15) is 23.2 Å². The average molecular weight is 1450 g/mol. The first-order valence-corrected chi connectivity index (χ1v) is 38.0. The van der Waals surface area contributed by atoms with Crippen molar-refractivity contribution in [1.29, 1.82) is 0 Å². The monoisotopic (exact) mass is 1450 g/mol. The lowest BCUT2D eigenvalue weighted by atomic mass is 10.1. The highest BCUT2D eigenvalue weighted by atomic mass is 32.5. The number of pyridine rings is 2. The quantitative estimate of drug-likeness (QED) is 0.0872. The van der Waals surface area contributed by atoms with Gasteiger partial charge in [0.05, 0.1) is 61.0 Å². The van der Waals surface area contributed by atoms with E-state index in [1.807, 2.05) is 0 Å². The van der Waals surface area contributed by atoms with Crippen molar-refractivity contribution in [3.63, 3.8) is 0 Å². The van der Waals surface area contributed by atoms with Gasteiger partial charge in [-0.25, -0.2) is 46.9 Å². The standard InChI is InChI=1S/2C20H22F2N10O8P2S3/c2*21-9-8-4-37-42(35,44)39-13-7(38-18(10(13)22)31-5-26-11-6(23)1-2-25-15(11)31)3-36-41(34,43)40-14(9)19(45-8)32-16-12(29-30-32)17(33)28-20(24)27-16/h2*1-2,5,7-10,13-14,18-19H,3-4H2,(H2,23,25)(H,34,43)(H,35,44)(H3,24,27,28,33)/t2*7-,8-,9-,10+,13-,14-,18-,19-,41?,42?/m11/s1. The lowest BCUT2D eigenvalue weighted by Gasteiger charge is -2.27. The molecule has 14 heterocycles. The molecule has 6 aliphatic heterocycles. The number of imidazole rings is 2. The number of alkyl halides is 4. The number of aromatic amines is 2. The number of nitrogens with one attached hydrogen (secondary N) is 2. The van der Waals surface area contributed by atoms with Crippen molar-refractivity contribution in [1.82, 2.24) is 79.0 Å². The van der Waals surface area contributed by atoms with Gasteiger partial charge < -0.3 is 70.1 Å². The van der Waals surface area contributed by atoms with Gasteiger partial charge in [-0.3, -0.25) is 46.8 Å². The summed E-state index contributed by atoms with van der Waals surface area (Å²) in [5.41, 5.74) is 23.0. The van der Waals surface area contributed by atoms with Crippen molar-refractivity contribution in [2.24, 2.45) is 0 Å². The minimum atomic E-state index is -4.30. The minimum Gasteiger partial charge on any atom is -0.397 e. The van der Waals surface area contributed by atoms with Crippen LogP contribution in [0, 0.1) is 0 Å². The molecule has 0 amide bonds. The van der Waals surface area contributed by atoms with Crippen molar-refractivity contribution in [2.45, 2.75) is 95.0 Å². The molecular formula is C40H44F4N20O16P4S6. The second-order valence-corrected chi connectivity index (χ2v) is 34.0. The van der Waals surface area contributed by atoms with Crippen LogP contribution in [0.25, 0.3) is 44.7 Å². The van der Waals surface area contributed by atoms with E-state index in [1.165, 1.54) is 46.3 Å². The van der Waals surface area contributed by atoms with Gasteiger partial charge in [0.1, 0.15) is 70.7 Å². The van der Waals surface area contributed by atoms with Gasteiger partial charge in [0.25, 0.3) is 11.1 Å². The van der Waals surface area contributed by atoms with Crippen LogP contribution < -0.4 is 34.1 Å². The SMILES string of the molecule is Nc1nc2c(nnn2[C@@H]2S[C@@H]3COP(O)(=S)O[C@H]4[C@H](F)[C@H](n5cnc6c(N)ccnc65)O[C@@H]4COP(O)(=S)O[C@@H]2[C@@H]3F)c(=O)[nH]1.Nc1nc2c(nnn2[C@@H]2S[C@@H]3COP(O)(=S)O[C@H]4[C@H](F)[C@H](n5cnc6c(N)ccnc65)O[C@@H]4COP(O)(=S)O[C@@H]2[C@@H]3F)c(=O)[nH]1. The lowest BCUT2D eigenvalue weighted by molar-refractivity contribution is -0.0441. The summed E-state index contributed by atoms with van der Waals surface area (Å²) in [7, 11) is 0. The van der Waals surface area contributed by atoms with Crippen molar-refractivity contribution in [3.05, 3.63) is 57.9 Å². The van der Waals surface area contributed by atoms with E-state index >= 15 is 17.6 Å². The second-order valence-electron chi connectivity index (χ2n) is 20.1. The van der Waals surface area contributed by atoms with E-state index in [9.17, 15) is 29.2 Å². The highest BCUT2D eigenvalue weighted by Crippen LogP contribution is 2.60. The van der Waals surface area contributed by atoms with Gasteiger partial charge in [-0.15, -0.1) is 33.7 Å². The summed E-state index contributed by atoms with van der Waals surface area (Å²) in [6.07, 6.45) is -14.2. The maximum absolute atomic E-state index is 16.0. The summed E-state index contributed by atoms with van der Waals surface area (Å²) in [4.78, 5) is 98.0. The maximum Gasteiger partial charge on any atom is 0.325 e. The van der Waals surface area contributed by atoms with E-state index in [-0.39, 0.29) is 45.5 Å². The number of halogens is 4. The summed E-state index contributed by atoms with van der Waals surface area (Å²) in [5, 5.41) is 11.0. The largest absolute Gasteiger partial charge is 0.397 e. The Morgan fingerprint density at radius 1 is 0.522 bits per heavy atom. The normalized spacial score (nSPS) is 37.7. The number of rotatable bonds is 4. The lowest BCUT2D eigenvalue weighted by Crippen LogP contribution is -2.34.